The minimum atomic E-state index is 0.436. The Labute approximate surface area is 81.5 Å². The van der Waals surface area contributed by atoms with Crippen LogP contribution >= 0.6 is 0 Å². The molecule has 2 aromatic rings. The molecular weight excluding hydrogens is 180 g/mol. The molecule has 2 N–H and O–H groups in total. The number of nitrogens with two attached hydrogens (primary N) is 1. The summed E-state index contributed by atoms with van der Waals surface area (Å²) in [6.45, 7) is 2.42. The molecule has 0 fully saturated rings. The molecule has 0 aromatic carbocycles. The Morgan fingerprint density at radius 3 is 2.93 bits per heavy atom. The Bertz CT molecular complexity index is 463. The molecule has 2 heterocycles. The number of rotatable bonds is 2. The molecule has 0 saturated heterocycles. The summed E-state index contributed by atoms with van der Waals surface area (Å²) in [5, 5.41) is 8.02. The molecule has 0 aliphatic rings. The molecule has 5 heteroatoms. The topological polar surface area (TPSA) is 65.4 Å². The molecule has 0 spiro atoms. The zero-order valence-electron chi connectivity index (χ0n) is 8.19. The number of ether oxygens (including phenoxy) is 1. The summed E-state index contributed by atoms with van der Waals surface area (Å²) < 4.78 is 6.93. The average molecular weight is 192 g/mol. The molecule has 0 aliphatic carbocycles. The van der Waals surface area contributed by atoms with Crippen LogP contribution in [0.25, 0.3) is 5.65 Å². The van der Waals surface area contributed by atoms with Crippen LogP contribution in [0.4, 0.5) is 5.69 Å². The van der Waals surface area contributed by atoms with E-state index in [1.54, 1.807) is 7.11 Å². The molecule has 5 nitrogen and oxygen atoms in total. The third-order valence-electron chi connectivity index (χ3n) is 2.12. The van der Waals surface area contributed by atoms with Crippen LogP contribution in [0, 0.1) is 6.92 Å². The van der Waals surface area contributed by atoms with Gasteiger partial charge < -0.3 is 10.5 Å². The Morgan fingerprint density at radius 1 is 1.43 bits per heavy atom. The molecule has 2 rings (SSSR count). The first-order chi connectivity index (χ1) is 6.74. The van der Waals surface area contributed by atoms with Crippen LogP contribution in [-0.4, -0.2) is 21.7 Å². The minimum absolute atomic E-state index is 0.436. The highest BCUT2D eigenvalue weighted by atomic mass is 16.5. The van der Waals surface area contributed by atoms with Crippen molar-refractivity contribution in [2.75, 3.05) is 12.8 Å². The van der Waals surface area contributed by atoms with Crippen molar-refractivity contribution in [3.63, 3.8) is 0 Å². The smallest absolute Gasteiger partial charge is 0.184 e. The Morgan fingerprint density at radius 2 is 2.21 bits per heavy atom. The van der Waals surface area contributed by atoms with Crippen LogP contribution in [0.2, 0.25) is 0 Å². The number of anilines is 1. The fraction of sp³-hybridized carbons (Fsp3) is 0.333. The van der Waals surface area contributed by atoms with Crippen molar-refractivity contribution in [3.8, 4) is 0 Å². The second-order valence-electron chi connectivity index (χ2n) is 3.14. The van der Waals surface area contributed by atoms with Gasteiger partial charge in [-0.15, -0.1) is 10.2 Å². The molecule has 0 atom stereocenters. The third-order valence-corrected chi connectivity index (χ3v) is 2.12. The molecule has 0 radical (unpaired) electrons. The van der Waals surface area contributed by atoms with Gasteiger partial charge in [0.15, 0.2) is 11.5 Å². The van der Waals surface area contributed by atoms with Crippen molar-refractivity contribution in [1.29, 1.82) is 0 Å². The first kappa shape index (κ1) is 8.96. The van der Waals surface area contributed by atoms with E-state index < -0.39 is 0 Å². The molecule has 14 heavy (non-hydrogen) atoms. The zero-order valence-corrected chi connectivity index (χ0v) is 8.19. The summed E-state index contributed by atoms with van der Waals surface area (Å²) in [4.78, 5) is 0. The number of hydrogen-bond donors (Lipinski definition) is 1. The van der Waals surface area contributed by atoms with Gasteiger partial charge in [-0.1, -0.05) is 0 Å². The highest BCUT2D eigenvalue weighted by Gasteiger charge is 2.08. The summed E-state index contributed by atoms with van der Waals surface area (Å²) in [7, 11) is 1.63. The molecule has 0 aliphatic heterocycles. The number of aromatic nitrogens is 3. The Balaban J connectivity index is 2.70. The van der Waals surface area contributed by atoms with Crippen molar-refractivity contribution in [2.45, 2.75) is 13.5 Å². The van der Waals surface area contributed by atoms with Crippen molar-refractivity contribution in [3.05, 3.63) is 23.7 Å². The van der Waals surface area contributed by atoms with Crippen molar-refractivity contribution in [2.24, 2.45) is 0 Å². The van der Waals surface area contributed by atoms with Gasteiger partial charge in [-0.25, -0.2) is 0 Å². The third kappa shape index (κ3) is 1.22. The highest BCUT2D eigenvalue weighted by Crippen LogP contribution is 2.15. The number of methoxy groups -OCH3 is 1. The van der Waals surface area contributed by atoms with Crippen LogP contribution in [-0.2, 0) is 11.3 Å². The normalized spacial score (nSPS) is 11.0. The maximum absolute atomic E-state index is 5.77. The minimum Gasteiger partial charge on any atom is -0.396 e. The zero-order chi connectivity index (χ0) is 10.1. The molecule has 2 aromatic heterocycles. The van der Waals surface area contributed by atoms with E-state index in [-0.39, 0.29) is 0 Å². The van der Waals surface area contributed by atoms with E-state index >= 15 is 0 Å². The quantitative estimate of drug-likeness (QED) is 0.763. The summed E-state index contributed by atoms with van der Waals surface area (Å²) in [6.07, 6.45) is 0. The van der Waals surface area contributed by atoms with Crippen LogP contribution in [0.1, 0.15) is 11.5 Å². The second-order valence-corrected chi connectivity index (χ2v) is 3.14. The lowest BCUT2D eigenvalue weighted by atomic mass is 10.3. The monoisotopic (exact) mass is 192 g/mol. The maximum Gasteiger partial charge on any atom is 0.184 e. The average Bonchev–Trinajstić information content (AvgIpc) is 2.58. The van der Waals surface area contributed by atoms with Gasteiger partial charge in [-0.05, 0) is 19.1 Å². The van der Waals surface area contributed by atoms with E-state index in [2.05, 4.69) is 10.2 Å². The molecule has 0 saturated carbocycles. The molecule has 0 bridgehead atoms. The van der Waals surface area contributed by atoms with Crippen molar-refractivity contribution < 1.29 is 4.74 Å². The predicted octanol–water partition coefficient (Wildman–Crippen LogP) is 0.766. The number of nitrogen functional groups attached to an aromatic ring is 1. The van der Waals surface area contributed by atoms with Crippen molar-refractivity contribution in [1.82, 2.24) is 14.6 Å². The molecular formula is C9H12N4O. The van der Waals surface area contributed by atoms with E-state index in [0.29, 0.717) is 17.9 Å². The SMILES string of the molecule is COCc1nnc2c(N)ccc(C)n12. The lowest BCUT2D eigenvalue weighted by molar-refractivity contribution is 0.176. The molecule has 0 amide bonds. The first-order valence-electron chi connectivity index (χ1n) is 4.32. The van der Waals surface area contributed by atoms with Gasteiger partial charge in [0, 0.05) is 12.8 Å². The first-order valence-corrected chi connectivity index (χ1v) is 4.32. The van der Waals surface area contributed by atoms with Gasteiger partial charge in [0.25, 0.3) is 0 Å². The number of fused-ring (bicyclic) bond motifs is 1. The lowest BCUT2D eigenvalue weighted by Crippen LogP contribution is -2.01. The summed E-state index contributed by atoms with van der Waals surface area (Å²) in [5.41, 5.74) is 8.14. The standard InChI is InChI=1S/C9H12N4O/c1-6-3-4-7(10)9-12-11-8(5-14-2)13(6)9/h3-4H,5,10H2,1-2H3. The molecule has 0 unspecified atom stereocenters. The lowest BCUT2D eigenvalue weighted by Gasteiger charge is -2.03. The van der Waals surface area contributed by atoms with E-state index in [1.807, 2.05) is 23.5 Å². The second kappa shape index (κ2) is 3.26. The van der Waals surface area contributed by atoms with E-state index in [4.69, 9.17) is 10.5 Å². The number of aryl methyl sites for hydroxylation is 1. The van der Waals surface area contributed by atoms with Gasteiger partial charge in [-0.2, -0.15) is 0 Å². The Kier molecular flexibility index (Phi) is 2.09. The maximum atomic E-state index is 5.77. The number of pyridine rings is 1. The van der Waals surface area contributed by atoms with Crippen molar-refractivity contribution >= 4 is 11.3 Å². The van der Waals surface area contributed by atoms with Gasteiger partial charge in [-0.3, -0.25) is 4.40 Å². The van der Waals surface area contributed by atoms with E-state index in [9.17, 15) is 0 Å². The fourth-order valence-corrected chi connectivity index (χ4v) is 1.46. The summed E-state index contributed by atoms with van der Waals surface area (Å²) in [5.74, 6) is 0.771. The number of nitrogens with zero attached hydrogens (tertiary/aromatic N) is 3. The Hall–Kier alpha value is -1.62. The fourth-order valence-electron chi connectivity index (χ4n) is 1.46. The number of hydrogen-bond acceptors (Lipinski definition) is 4. The van der Waals surface area contributed by atoms with Crippen LogP contribution in [0.15, 0.2) is 12.1 Å². The van der Waals surface area contributed by atoms with E-state index in [0.717, 1.165) is 11.5 Å². The van der Waals surface area contributed by atoms with Gasteiger partial charge in [0.05, 0.1) is 5.69 Å². The predicted molar refractivity (Wildman–Crippen MR) is 52.8 cm³/mol. The largest absolute Gasteiger partial charge is 0.396 e. The molecule has 74 valence electrons. The van der Waals surface area contributed by atoms with E-state index in [1.165, 1.54) is 0 Å². The van der Waals surface area contributed by atoms with Gasteiger partial charge in [0.1, 0.15) is 6.61 Å². The van der Waals surface area contributed by atoms with Gasteiger partial charge >= 0.3 is 0 Å². The highest BCUT2D eigenvalue weighted by molar-refractivity contribution is 5.64. The summed E-state index contributed by atoms with van der Waals surface area (Å²) in [6, 6.07) is 3.76. The van der Waals surface area contributed by atoms with Crippen LogP contribution in [0.5, 0.6) is 0 Å². The van der Waals surface area contributed by atoms with Crippen LogP contribution in [0.3, 0.4) is 0 Å². The van der Waals surface area contributed by atoms with Gasteiger partial charge in [0.2, 0.25) is 0 Å². The summed E-state index contributed by atoms with van der Waals surface area (Å²) >= 11 is 0. The van der Waals surface area contributed by atoms with Crippen LogP contribution < -0.4 is 5.73 Å².